The van der Waals surface area contributed by atoms with Crippen molar-refractivity contribution < 1.29 is 42.9 Å². The van der Waals surface area contributed by atoms with E-state index in [1.165, 1.54) is 4.90 Å². The zero-order valence-corrected chi connectivity index (χ0v) is 16.9. The fourth-order valence-corrected chi connectivity index (χ4v) is 2.85. The monoisotopic (exact) mass is 414 g/mol. The Kier molecular flexibility index (Phi) is 6.70. The van der Waals surface area contributed by atoms with E-state index < -0.39 is 53.8 Å². The zero-order valence-electron chi connectivity index (χ0n) is 16.9. The maximum absolute atomic E-state index is 12.3. The molecule has 2 amide bonds. The molecular weight excluding hydrogens is 388 g/mol. The highest BCUT2D eigenvalue weighted by molar-refractivity contribution is 6.15. The number of piperidine rings is 1. The molecule has 1 N–H and O–H groups in total. The number of nitrogens with one attached hydrogen (secondary N) is 1. The fraction of sp³-hybridized carbons (Fsp3) is 0.722. The minimum Gasteiger partial charge on any atom is -0.465 e. The molecule has 29 heavy (non-hydrogen) atoms. The third-order valence-corrected chi connectivity index (χ3v) is 4.20. The topological polar surface area (TPSA) is 138 Å². The molecule has 162 valence electrons. The number of nitrogens with zero attached hydrogens (tertiary/aromatic N) is 1. The van der Waals surface area contributed by atoms with Crippen LogP contribution in [0.25, 0.3) is 0 Å². The summed E-state index contributed by atoms with van der Waals surface area (Å²) >= 11 is 0. The number of esters is 3. The summed E-state index contributed by atoms with van der Waals surface area (Å²) in [6.45, 7) is 6.77. The molecule has 0 aromatic carbocycles. The van der Waals surface area contributed by atoms with Crippen LogP contribution < -0.4 is 5.32 Å². The molecule has 11 heteroatoms. The van der Waals surface area contributed by atoms with Crippen LogP contribution in [0.2, 0.25) is 0 Å². The molecule has 2 rings (SSSR count). The third-order valence-electron chi connectivity index (χ3n) is 4.20. The van der Waals surface area contributed by atoms with Crippen molar-refractivity contribution in [1.29, 1.82) is 0 Å². The summed E-state index contributed by atoms with van der Waals surface area (Å²) in [6.07, 6.45) is -0.404. The maximum Gasteiger partial charge on any atom is 0.410 e. The minimum atomic E-state index is -1.82. The van der Waals surface area contributed by atoms with E-state index in [1.807, 2.05) is 0 Å². The summed E-state index contributed by atoms with van der Waals surface area (Å²) in [4.78, 5) is 61.5. The Morgan fingerprint density at radius 2 is 1.69 bits per heavy atom. The smallest absolute Gasteiger partial charge is 0.410 e. The van der Waals surface area contributed by atoms with E-state index in [9.17, 15) is 24.0 Å². The number of carbonyl (C=O) groups excluding carboxylic acids is 5. The molecule has 0 atom stereocenters. The second-order valence-corrected chi connectivity index (χ2v) is 7.68. The van der Waals surface area contributed by atoms with E-state index in [0.717, 1.165) is 0 Å². The first-order chi connectivity index (χ1) is 13.5. The highest BCUT2D eigenvalue weighted by Crippen LogP contribution is 2.34. The van der Waals surface area contributed by atoms with Gasteiger partial charge in [0.25, 0.3) is 5.79 Å². The molecule has 0 aromatic rings. The van der Waals surface area contributed by atoms with Crippen LogP contribution in [-0.4, -0.2) is 72.4 Å². The van der Waals surface area contributed by atoms with Crippen LogP contribution in [-0.2, 0) is 38.1 Å². The van der Waals surface area contributed by atoms with Crippen LogP contribution >= 0.6 is 0 Å². The number of carbonyl (C=O) groups is 5. The summed E-state index contributed by atoms with van der Waals surface area (Å²) in [6, 6.07) is 0. The highest BCUT2D eigenvalue weighted by atomic mass is 16.7. The Labute approximate surface area is 168 Å². The predicted octanol–water partition coefficient (Wildman–Crippen LogP) is 0.109. The Balaban J connectivity index is 1.92. The van der Waals surface area contributed by atoms with Crippen molar-refractivity contribution in [2.45, 2.75) is 51.9 Å². The third kappa shape index (κ3) is 5.81. The number of hydrogen-bond acceptors (Lipinski definition) is 9. The quantitative estimate of drug-likeness (QED) is 0.386. The lowest BCUT2D eigenvalue weighted by atomic mass is 10.00. The molecule has 1 spiro atoms. The number of hydrogen-bond donors (Lipinski definition) is 1. The van der Waals surface area contributed by atoms with Crippen molar-refractivity contribution >= 4 is 29.9 Å². The molecule has 2 aliphatic heterocycles. The summed E-state index contributed by atoms with van der Waals surface area (Å²) in [5.74, 6) is -7.18. The second kappa shape index (κ2) is 8.66. The predicted molar refractivity (Wildman–Crippen MR) is 95.1 cm³/mol. The lowest BCUT2D eigenvalue weighted by molar-refractivity contribution is -0.261. The average Bonchev–Trinajstić information content (AvgIpc) is 2.58. The van der Waals surface area contributed by atoms with Gasteiger partial charge in [-0.05, 0) is 27.7 Å². The summed E-state index contributed by atoms with van der Waals surface area (Å²) in [7, 11) is 0. The van der Waals surface area contributed by atoms with Gasteiger partial charge in [0, 0.05) is 25.9 Å². The van der Waals surface area contributed by atoms with Crippen molar-refractivity contribution in [1.82, 2.24) is 10.2 Å². The first-order valence-corrected chi connectivity index (χ1v) is 9.33. The van der Waals surface area contributed by atoms with Gasteiger partial charge in [0.05, 0.1) is 6.61 Å². The molecule has 0 saturated carbocycles. The van der Waals surface area contributed by atoms with Crippen molar-refractivity contribution in [2.24, 2.45) is 5.92 Å². The van der Waals surface area contributed by atoms with Crippen LogP contribution in [0.1, 0.15) is 40.5 Å². The number of ether oxygens (including phenoxy) is 4. The van der Waals surface area contributed by atoms with Crippen molar-refractivity contribution in [3.8, 4) is 0 Å². The van der Waals surface area contributed by atoms with Crippen molar-refractivity contribution in [2.75, 3.05) is 26.2 Å². The van der Waals surface area contributed by atoms with Gasteiger partial charge in [-0.3, -0.25) is 19.2 Å². The van der Waals surface area contributed by atoms with Gasteiger partial charge < -0.3 is 29.2 Å². The standard InChI is InChI=1S/C18H26N2O9/c1-5-26-11(21)10-19-13(22)12-14(23)27-18(28-15(12)24)6-8-20(9-7-18)16(25)29-17(2,3)4/h12H,5-10H2,1-4H3,(H,19,22). The van der Waals surface area contributed by atoms with Gasteiger partial charge in [0.1, 0.15) is 12.1 Å². The largest absolute Gasteiger partial charge is 0.465 e. The first-order valence-electron chi connectivity index (χ1n) is 9.33. The molecular formula is C18H26N2O9. The second-order valence-electron chi connectivity index (χ2n) is 7.68. The average molecular weight is 414 g/mol. The van der Waals surface area contributed by atoms with Crippen molar-refractivity contribution in [3.05, 3.63) is 0 Å². The zero-order chi connectivity index (χ0) is 21.8. The first kappa shape index (κ1) is 22.4. The fourth-order valence-electron chi connectivity index (χ4n) is 2.85. The number of amides is 2. The molecule has 2 saturated heterocycles. The van der Waals surface area contributed by atoms with Gasteiger partial charge in [-0.25, -0.2) is 4.79 Å². The van der Waals surface area contributed by atoms with Gasteiger partial charge in [-0.2, -0.15) is 0 Å². The van der Waals surface area contributed by atoms with Crippen LogP contribution in [0.15, 0.2) is 0 Å². The van der Waals surface area contributed by atoms with E-state index in [1.54, 1.807) is 27.7 Å². The van der Waals surface area contributed by atoms with E-state index in [-0.39, 0.29) is 32.5 Å². The van der Waals surface area contributed by atoms with Crippen LogP contribution in [0.5, 0.6) is 0 Å². The van der Waals surface area contributed by atoms with Crippen LogP contribution in [0, 0.1) is 5.92 Å². The minimum absolute atomic E-state index is 0.0564. The van der Waals surface area contributed by atoms with Gasteiger partial charge in [0.15, 0.2) is 0 Å². The van der Waals surface area contributed by atoms with Crippen LogP contribution in [0.3, 0.4) is 0 Å². The molecule has 0 aliphatic carbocycles. The molecule has 11 nitrogen and oxygen atoms in total. The summed E-state index contributed by atoms with van der Waals surface area (Å²) < 4.78 is 20.5. The Morgan fingerprint density at radius 3 is 2.17 bits per heavy atom. The van der Waals surface area contributed by atoms with Crippen LogP contribution in [0.4, 0.5) is 4.79 Å². The van der Waals surface area contributed by atoms with Gasteiger partial charge in [-0.15, -0.1) is 0 Å². The lowest BCUT2D eigenvalue weighted by Gasteiger charge is -2.43. The Bertz CT molecular complexity index is 670. The van der Waals surface area contributed by atoms with E-state index >= 15 is 0 Å². The molecule has 0 bridgehead atoms. The normalized spacial score (nSPS) is 19.2. The molecule has 2 fully saturated rings. The van der Waals surface area contributed by atoms with E-state index in [2.05, 4.69) is 10.1 Å². The molecule has 0 unspecified atom stereocenters. The Morgan fingerprint density at radius 1 is 1.14 bits per heavy atom. The molecule has 0 radical (unpaired) electrons. The maximum atomic E-state index is 12.3. The molecule has 2 heterocycles. The van der Waals surface area contributed by atoms with Gasteiger partial charge in [0.2, 0.25) is 11.8 Å². The Hall–Kier alpha value is -2.85. The SMILES string of the molecule is CCOC(=O)CNC(=O)C1C(=O)OC2(CCN(C(=O)OC(C)(C)C)CC2)OC1=O. The van der Waals surface area contributed by atoms with Gasteiger partial charge in [-0.1, -0.05) is 0 Å². The number of likely N-dealkylation sites (tertiary alicyclic amines) is 1. The molecule has 2 aliphatic rings. The summed E-state index contributed by atoms with van der Waals surface area (Å²) in [5.41, 5.74) is -0.653. The highest BCUT2D eigenvalue weighted by Gasteiger charge is 2.53. The lowest BCUT2D eigenvalue weighted by Crippen LogP contribution is -2.58. The van der Waals surface area contributed by atoms with Crippen molar-refractivity contribution in [3.63, 3.8) is 0 Å². The van der Waals surface area contributed by atoms with E-state index in [0.29, 0.717) is 0 Å². The van der Waals surface area contributed by atoms with Gasteiger partial charge >= 0.3 is 24.0 Å². The summed E-state index contributed by atoms with van der Waals surface area (Å²) in [5, 5.41) is 2.15. The van der Waals surface area contributed by atoms with E-state index in [4.69, 9.17) is 14.2 Å². The number of rotatable bonds is 4. The molecule has 0 aromatic heterocycles.